The number of urea groups is 1. The first-order valence-electron chi connectivity index (χ1n) is 8.42. The minimum atomic E-state index is -1.05. The molecule has 0 unspecified atom stereocenters. The summed E-state index contributed by atoms with van der Waals surface area (Å²) >= 11 is 0. The number of benzene rings is 1. The van der Waals surface area contributed by atoms with E-state index in [1.54, 1.807) is 19.9 Å². The lowest BCUT2D eigenvalue weighted by atomic mass is 10.0. The van der Waals surface area contributed by atoms with Crippen LogP contribution in [0.5, 0.6) is 0 Å². The van der Waals surface area contributed by atoms with E-state index < -0.39 is 35.6 Å². The Bertz CT molecular complexity index is 1020. The van der Waals surface area contributed by atoms with Crippen LogP contribution in [0.2, 0.25) is 0 Å². The van der Waals surface area contributed by atoms with Crippen LogP contribution in [-0.2, 0) is 20.9 Å². The van der Waals surface area contributed by atoms with Gasteiger partial charge in [-0.2, -0.15) is 0 Å². The van der Waals surface area contributed by atoms with E-state index in [1.165, 1.54) is 6.07 Å². The molecule has 0 saturated carbocycles. The van der Waals surface area contributed by atoms with Crippen molar-refractivity contribution in [1.82, 2.24) is 10.2 Å². The molecule has 3 amide bonds. The van der Waals surface area contributed by atoms with Gasteiger partial charge in [0.25, 0.3) is 5.91 Å². The van der Waals surface area contributed by atoms with Gasteiger partial charge in [0, 0.05) is 17.0 Å². The molecular formula is C19H20N2O6. The topological polar surface area (TPSA) is 106 Å². The Morgan fingerprint density at radius 1 is 1.15 bits per heavy atom. The third-order valence-corrected chi connectivity index (χ3v) is 4.56. The zero-order valence-electron chi connectivity index (χ0n) is 15.5. The highest BCUT2D eigenvalue weighted by Gasteiger charge is 2.45. The molecule has 1 fully saturated rings. The number of fused-ring (bicyclic) bond motifs is 1. The lowest BCUT2D eigenvalue weighted by Crippen LogP contribution is -2.41. The lowest BCUT2D eigenvalue weighted by Gasteiger charge is -2.15. The zero-order chi connectivity index (χ0) is 19.9. The number of rotatable bonds is 4. The Morgan fingerprint density at radius 2 is 1.81 bits per heavy atom. The standard InChI is InChI=1S/C19H20N2O6/c1-10-5-13-12(7-15(22)27-14(13)6-11(10)2)9-26-16(23)8-21-17(24)19(3,4)20-18(21)25/h5-7H,8-9H2,1-4H3,(H,20,25). The summed E-state index contributed by atoms with van der Waals surface area (Å²) in [7, 11) is 0. The van der Waals surface area contributed by atoms with Crippen LogP contribution in [0.4, 0.5) is 4.79 Å². The summed E-state index contributed by atoms with van der Waals surface area (Å²) in [5.41, 5.74) is 1.28. The third-order valence-electron chi connectivity index (χ3n) is 4.56. The predicted molar refractivity (Wildman–Crippen MR) is 96.1 cm³/mol. The average Bonchev–Trinajstić information content (AvgIpc) is 2.76. The number of hydrogen-bond acceptors (Lipinski definition) is 6. The normalized spacial score (nSPS) is 15.9. The Kier molecular flexibility index (Phi) is 4.51. The van der Waals surface area contributed by atoms with E-state index in [9.17, 15) is 19.2 Å². The Labute approximate surface area is 155 Å². The maximum Gasteiger partial charge on any atom is 0.336 e. The molecule has 1 aliphatic rings. The molecule has 1 saturated heterocycles. The van der Waals surface area contributed by atoms with Gasteiger partial charge in [0.2, 0.25) is 0 Å². The smallest absolute Gasteiger partial charge is 0.336 e. The first kappa shape index (κ1) is 18.6. The summed E-state index contributed by atoms with van der Waals surface area (Å²) < 4.78 is 10.4. The van der Waals surface area contributed by atoms with Gasteiger partial charge in [0.15, 0.2) is 0 Å². The van der Waals surface area contributed by atoms with Gasteiger partial charge in [-0.3, -0.25) is 14.5 Å². The van der Waals surface area contributed by atoms with Crippen LogP contribution in [-0.4, -0.2) is 34.9 Å². The van der Waals surface area contributed by atoms with Crippen LogP contribution in [0.1, 0.15) is 30.5 Å². The Balaban J connectivity index is 1.76. The third kappa shape index (κ3) is 3.55. The number of nitrogens with zero attached hydrogens (tertiary/aromatic N) is 1. The average molecular weight is 372 g/mol. The number of nitrogens with one attached hydrogen (secondary N) is 1. The van der Waals surface area contributed by atoms with E-state index in [0.717, 1.165) is 16.0 Å². The SMILES string of the molecule is Cc1cc2oc(=O)cc(COC(=O)CN3C(=O)NC(C)(C)C3=O)c2cc1C. The highest BCUT2D eigenvalue weighted by Crippen LogP contribution is 2.22. The Morgan fingerprint density at radius 3 is 2.44 bits per heavy atom. The number of ether oxygens (including phenoxy) is 1. The Hall–Kier alpha value is -3.16. The second-order valence-corrected chi connectivity index (χ2v) is 7.13. The number of carbonyl (C=O) groups excluding carboxylic acids is 3. The number of amides is 3. The molecule has 2 aromatic rings. The van der Waals surface area contributed by atoms with Crippen molar-refractivity contribution in [3.8, 4) is 0 Å². The summed E-state index contributed by atoms with van der Waals surface area (Å²) in [5, 5.41) is 3.16. The van der Waals surface area contributed by atoms with E-state index in [1.807, 2.05) is 19.9 Å². The van der Waals surface area contributed by atoms with Crippen molar-refractivity contribution >= 4 is 28.9 Å². The number of esters is 1. The van der Waals surface area contributed by atoms with E-state index in [4.69, 9.17) is 9.15 Å². The second-order valence-electron chi connectivity index (χ2n) is 7.13. The van der Waals surface area contributed by atoms with Crippen molar-refractivity contribution in [3.05, 3.63) is 45.3 Å². The summed E-state index contributed by atoms with van der Waals surface area (Å²) in [5.74, 6) is -1.25. The largest absolute Gasteiger partial charge is 0.459 e. The van der Waals surface area contributed by atoms with Gasteiger partial charge in [-0.25, -0.2) is 9.59 Å². The van der Waals surface area contributed by atoms with Crippen molar-refractivity contribution in [2.45, 2.75) is 39.8 Å². The molecule has 27 heavy (non-hydrogen) atoms. The molecule has 8 nitrogen and oxygen atoms in total. The molecular weight excluding hydrogens is 352 g/mol. The molecule has 1 aromatic carbocycles. The molecule has 0 aliphatic carbocycles. The second kappa shape index (κ2) is 6.53. The highest BCUT2D eigenvalue weighted by atomic mass is 16.5. The van der Waals surface area contributed by atoms with E-state index in [0.29, 0.717) is 16.5 Å². The molecule has 1 aliphatic heterocycles. The molecule has 142 valence electrons. The predicted octanol–water partition coefficient (Wildman–Crippen LogP) is 1.78. The molecule has 0 bridgehead atoms. The molecule has 1 N–H and O–H groups in total. The summed E-state index contributed by atoms with van der Waals surface area (Å²) in [6, 6.07) is 4.24. The van der Waals surface area contributed by atoms with E-state index >= 15 is 0 Å². The minimum Gasteiger partial charge on any atom is -0.459 e. The molecule has 0 spiro atoms. The van der Waals surface area contributed by atoms with Crippen LogP contribution < -0.4 is 10.9 Å². The molecule has 0 atom stereocenters. The van der Waals surface area contributed by atoms with Crippen LogP contribution >= 0.6 is 0 Å². The minimum absolute atomic E-state index is 0.170. The zero-order valence-corrected chi connectivity index (χ0v) is 15.5. The fraction of sp³-hybridized carbons (Fsp3) is 0.368. The van der Waals surface area contributed by atoms with Crippen molar-refractivity contribution in [1.29, 1.82) is 0 Å². The van der Waals surface area contributed by atoms with Gasteiger partial charge in [-0.1, -0.05) is 0 Å². The van der Waals surface area contributed by atoms with Gasteiger partial charge in [-0.15, -0.1) is 0 Å². The van der Waals surface area contributed by atoms with Crippen molar-refractivity contribution in [3.63, 3.8) is 0 Å². The monoisotopic (exact) mass is 372 g/mol. The fourth-order valence-corrected chi connectivity index (χ4v) is 2.90. The molecule has 2 heterocycles. The van der Waals surface area contributed by atoms with Gasteiger partial charge in [-0.05, 0) is 51.0 Å². The molecule has 3 rings (SSSR count). The van der Waals surface area contributed by atoms with Gasteiger partial charge in [0.05, 0.1) is 0 Å². The summed E-state index contributed by atoms with van der Waals surface area (Å²) in [4.78, 5) is 48.6. The van der Waals surface area contributed by atoms with Crippen molar-refractivity contribution in [2.24, 2.45) is 0 Å². The van der Waals surface area contributed by atoms with Crippen LogP contribution in [0.3, 0.4) is 0 Å². The first-order valence-corrected chi connectivity index (χ1v) is 8.42. The number of aryl methyl sites for hydroxylation is 2. The number of hydrogen-bond donors (Lipinski definition) is 1. The summed E-state index contributed by atoms with van der Waals surface area (Å²) in [6.45, 7) is 6.27. The maximum atomic E-state index is 12.1. The number of imide groups is 1. The lowest BCUT2D eigenvalue weighted by molar-refractivity contribution is -0.148. The number of carbonyl (C=O) groups is 3. The van der Waals surface area contributed by atoms with Crippen molar-refractivity contribution < 1.29 is 23.5 Å². The van der Waals surface area contributed by atoms with Crippen molar-refractivity contribution in [2.75, 3.05) is 6.54 Å². The maximum absolute atomic E-state index is 12.1. The van der Waals surface area contributed by atoms with E-state index in [-0.39, 0.29) is 6.61 Å². The van der Waals surface area contributed by atoms with Crippen LogP contribution in [0.25, 0.3) is 11.0 Å². The van der Waals surface area contributed by atoms with Gasteiger partial charge in [0.1, 0.15) is 24.3 Å². The molecule has 0 radical (unpaired) electrons. The molecule has 8 heteroatoms. The summed E-state index contributed by atoms with van der Waals surface area (Å²) in [6.07, 6.45) is 0. The molecule has 1 aromatic heterocycles. The van der Waals surface area contributed by atoms with E-state index in [2.05, 4.69) is 5.32 Å². The van der Waals surface area contributed by atoms with Crippen LogP contribution in [0, 0.1) is 13.8 Å². The first-order chi connectivity index (χ1) is 12.6. The van der Waals surface area contributed by atoms with Crippen LogP contribution in [0.15, 0.2) is 27.4 Å². The van der Waals surface area contributed by atoms with Gasteiger partial charge >= 0.3 is 17.6 Å². The fourth-order valence-electron chi connectivity index (χ4n) is 2.90. The van der Waals surface area contributed by atoms with Gasteiger partial charge < -0.3 is 14.5 Å². The highest BCUT2D eigenvalue weighted by molar-refractivity contribution is 6.08. The quantitative estimate of drug-likeness (QED) is 0.498.